The summed E-state index contributed by atoms with van der Waals surface area (Å²) in [6, 6.07) is 2.18. The molecule has 1 spiro atoms. The molecule has 0 bridgehead atoms. The molecule has 0 aromatic carbocycles. The molecule has 1 N–H and O–H groups in total. The van der Waals surface area contributed by atoms with Crippen LogP contribution < -0.4 is 5.32 Å². The van der Waals surface area contributed by atoms with Crippen molar-refractivity contribution in [3.63, 3.8) is 0 Å². The molecule has 26 heavy (non-hydrogen) atoms. The van der Waals surface area contributed by atoms with E-state index in [1.54, 1.807) is 11.8 Å². The third-order valence-corrected chi connectivity index (χ3v) is 5.74. The summed E-state index contributed by atoms with van der Waals surface area (Å²) in [4.78, 5) is 33.0. The number of rotatable bonds is 1. The number of hydrogen-bond donors (Lipinski definition) is 1. The average molecular weight is 361 g/mol. The lowest BCUT2D eigenvalue weighted by atomic mass is 9.70. The fraction of sp³-hybridized carbons (Fsp3) is 0.778. The number of carbonyl (C=O) groups excluding carboxylic acids is 2. The highest BCUT2D eigenvalue weighted by molar-refractivity contribution is 6.02. The van der Waals surface area contributed by atoms with Gasteiger partial charge in [0.05, 0.1) is 18.2 Å². The first-order valence-corrected chi connectivity index (χ1v) is 9.46. The SMILES string of the molecule is CCOC(=O)N1CCN(C2=NC3(CCC(C)CC3)C(C#N)C(=O)N2)CC1. The van der Waals surface area contributed by atoms with Crippen LogP contribution in [-0.4, -0.2) is 66.1 Å². The lowest BCUT2D eigenvalue weighted by Gasteiger charge is -2.44. The van der Waals surface area contributed by atoms with Crippen molar-refractivity contribution in [3.05, 3.63) is 0 Å². The second-order valence-corrected chi connectivity index (χ2v) is 7.45. The molecular formula is C18H27N5O3. The molecule has 2 aliphatic heterocycles. The van der Waals surface area contributed by atoms with Gasteiger partial charge in [-0.2, -0.15) is 5.26 Å². The Bertz CT molecular complexity index is 625. The lowest BCUT2D eigenvalue weighted by Crippen LogP contribution is -2.61. The Kier molecular flexibility index (Phi) is 5.35. The summed E-state index contributed by atoms with van der Waals surface area (Å²) in [7, 11) is 0. The van der Waals surface area contributed by atoms with Crippen LogP contribution in [-0.2, 0) is 9.53 Å². The van der Waals surface area contributed by atoms with E-state index < -0.39 is 11.5 Å². The second kappa shape index (κ2) is 7.52. The van der Waals surface area contributed by atoms with Crippen LogP contribution in [0.2, 0.25) is 0 Å². The molecule has 0 aromatic rings. The third kappa shape index (κ3) is 3.48. The minimum atomic E-state index is -0.723. The number of piperazine rings is 1. The van der Waals surface area contributed by atoms with Gasteiger partial charge in [-0.25, -0.2) is 9.79 Å². The average Bonchev–Trinajstić information content (AvgIpc) is 2.64. The minimum Gasteiger partial charge on any atom is -0.450 e. The Morgan fingerprint density at radius 2 is 2.00 bits per heavy atom. The Hall–Kier alpha value is -2.30. The molecule has 8 heteroatoms. The maximum atomic E-state index is 12.6. The smallest absolute Gasteiger partial charge is 0.409 e. The number of aliphatic imine (C=N–C) groups is 1. The van der Waals surface area contributed by atoms with Crippen molar-refractivity contribution in [2.45, 2.75) is 45.1 Å². The molecule has 1 unspecified atom stereocenters. The van der Waals surface area contributed by atoms with Gasteiger partial charge in [-0.05, 0) is 38.5 Å². The van der Waals surface area contributed by atoms with E-state index in [9.17, 15) is 14.9 Å². The summed E-state index contributed by atoms with van der Waals surface area (Å²) < 4.78 is 5.04. The number of ether oxygens (including phenoxy) is 1. The number of carbonyl (C=O) groups is 2. The predicted octanol–water partition coefficient (Wildman–Crippen LogP) is 1.33. The molecule has 1 atom stereocenters. The van der Waals surface area contributed by atoms with Gasteiger partial charge in [-0.3, -0.25) is 10.1 Å². The Morgan fingerprint density at radius 1 is 1.35 bits per heavy atom. The quantitative estimate of drug-likeness (QED) is 0.760. The van der Waals surface area contributed by atoms with Gasteiger partial charge < -0.3 is 14.5 Å². The van der Waals surface area contributed by atoms with Gasteiger partial charge in [0.2, 0.25) is 11.9 Å². The Balaban J connectivity index is 1.74. The molecular weight excluding hydrogens is 334 g/mol. The molecule has 8 nitrogen and oxygen atoms in total. The van der Waals surface area contributed by atoms with E-state index in [4.69, 9.17) is 9.73 Å². The van der Waals surface area contributed by atoms with Crippen molar-refractivity contribution in [1.29, 1.82) is 5.26 Å². The van der Waals surface area contributed by atoms with E-state index in [2.05, 4.69) is 18.3 Å². The van der Waals surface area contributed by atoms with Crippen LogP contribution in [0.4, 0.5) is 4.79 Å². The zero-order valence-corrected chi connectivity index (χ0v) is 15.5. The van der Waals surface area contributed by atoms with Gasteiger partial charge in [0.15, 0.2) is 5.92 Å². The summed E-state index contributed by atoms with van der Waals surface area (Å²) in [6.07, 6.45) is 3.21. The first kappa shape index (κ1) is 18.5. The van der Waals surface area contributed by atoms with E-state index in [0.29, 0.717) is 44.7 Å². The highest BCUT2D eigenvalue weighted by Gasteiger charge is 2.49. The first-order valence-electron chi connectivity index (χ1n) is 9.46. The van der Waals surface area contributed by atoms with Gasteiger partial charge in [0.25, 0.3) is 0 Å². The van der Waals surface area contributed by atoms with Gasteiger partial charge in [-0.15, -0.1) is 0 Å². The molecule has 2 heterocycles. The highest BCUT2D eigenvalue weighted by atomic mass is 16.6. The number of nitrogens with one attached hydrogen (secondary N) is 1. The normalized spacial score (nSPS) is 31.9. The van der Waals surface area contributed by atoms with Gasteiger partial charge in [-0.1, -0.05) is 6.92 Å². The standard InChI is InChI=1S/C18H27N5O3/c1-3-26-17(25)23-10-8-22(9-11-23)16-20-15(24)14(12-19)18(21-16)6-4-13(2)5-7-18/h13-14H,3-11H2,1-2H3,(H,20,21,24). The van der Waals surface area contributed by atoms with Crippen LogP contribution in [0.25, 0.3) is 0 Å². The molecule has 0 radical (unpaired) electrons. The maximum absolute atomic E-state index is 12.6. The van der Waals surface area contributed by atoms with Crippen LogP contribution in [0.15, 0.2) is 4.99 Å². The van der Waals surface area contributed by atoms with E-state index >= 15 is 0 Å². The summed E-state index contributed by atoms with van der Waals surface area (Å²) in [6.45, 7) is 6.58. The minimum absolute atomic E-state index is 0.250. The van der Waals surface area contributed by atoms with Crippen LogP contribution >= 0.6 is 0 Å². The lowest BCUT2D eigenvalue weighted by molar-refractivity contribution is -0.125. The largest absolute Gasteiger partial charge is 0.450 e. The zero-order valence-electron chi connectivity index (χ0n) is 15.5. The van der Waals surface area contributed by atoms with Crippen molar-refractivity contribution in [1.82, 2.24) is 15.1 Å². The molecule has 0 aromatic heterocycles. The summed E-state index contributed by atoms with van der Waals surface area (Å²) in [5, 5.41) is 12.4. The highest BCUT2D eigenvalue weighted by Crippen LogP contribution is 2.41. The van der Waals surface area contributed by atoms with E-state index in [0.717, 1.165) is 25.7 Å². The molecule has 142 valence electrons. The number of amides is 2. The first-order chi connectivity index (χ1) is 12.5. The van der Waals surface area contributed by atoms with Crippen LogP contribution in [0.5, 0.6) is 0 Å². The third-order valence-electron chi connectivity index (χ3n) is 5.74. The molecule has 3 aliphatic rings. The van der Waals surface area contributed by atoms with Crippen molar-refractivity contribution in [2.75, 3.05) is 32.8 Å². The molecule has 1 saturated carbocycles. The molecule has 1 saturated heterocycles. The molecule has 1 aliphatic carbocycles. The summed E-state index contributed by atoms with van der Waals surface area (Å²) in [5.41, 5.74) is -0.600. The topological polar surface area (TPSA) is 98.0 Å². The monoisotopic (exact) mass is 361 g/mol. The number of hydrogen-bond acceptors (Lipinski definition) is 6. The van der Waals surface area contributed by atoms with Crippen molar-refractivity contribution in [3.8, 4) is 6.07 Å². The van der Waals surface area contributed by atoms with E-state index in [1.807, 2.05) is 4.90 Å². The number of nitriles is 1. The van der Waals surface area contributed by atoms with Crippen molar-refractivity contribution >= 4 is 18.0 Å². The van der Waals surface area contributed by atoms with Crippen LogP contribution in [0.3, 0.4) is 0 Å². The predicted molar refractivity (Wildman–Crippen MR) is 95.2 cm³/mol. The van der Waals surface area contributed by atoms with Crippen LogP contribution in [0, 0.1) is 23.2 Å². The number of guanidine groups is 1. The van der Waals surface area contributed by atoms with Crippen molar-refractivity contribution in [2.24, 2.45) is 16.8 Å². The van der Waals surface area contributed by atoms with Gasteiger partial charge in [0, 0.05) is 26.2 Å². The number of nitrogens with zero attached hydrogens (tertiary/aromatic N) is 4. The van der Waals surface area contributed by atoms with E-state index in [-0.39, 0.29) is 12.0 Å². The fourth-order valence-corrected chi connectivity index (χ4v) is 4.04. The fourth-order valence-electron chi connectivity index (χ4n) is 4.04. The van der Waals surface area contributed by atoms with E-state index in [1.165, 1.54) is 0 Å². The summed E-state index contributed by atoms with van der Waals surface area (Å²) >= 11 is 0. The molecule has 2 fully saturated rings. The maximum Gasteiger partial charge on any atom is 0.409 e. The van der Waals surface area contributed by atoms with Crippen molar-refractivity contribution < 1.29 is 14.3 Å². The molecule has 3 rings (SSSR count). The van der Waals surface area contributed by atoms with Gasteiger partial charge in [0.1, 0.15) is 0 Å². The Labute approximate surface area is 154 Å². The zero-order chi connectivity index (χ0) is 18.7. The Morgan fingerprint density at radius 3 is 2.58 bits per heavy atom. The van der Waals surface area contributed by atoms with Gasteiger partial charge >= 0.3 is 6.09 Å². The van der Waals surface area contributed by atoms with Crippen LogP contribution in [0.1, 0.15) is 39.5 Å². The second-order valence-electron chi connectivity index (χ2n) is 7.45. The molecule has 2 amide bonds. The summed E-state index contributed by atoms with van der Waals surface area (Å²) in [5.74, 6) is 0.190.